The quantitative estimate of drug-likeness (QED) is 0.771. The lowest BCUT2D eigenvalue weighted by atomic mass is 9.90. The van der Waals surface area contributed by atoms with Gasteiger partial charge in [-0.1, -0.05) is 0 Å². The lowest BCUT2D eigenvalue weighted by Gasteiger charge is -2.39. The van der Waals surface area contributed by atoms with Gasteiger partial charge >= 0.3 is 0 Å². The molecule has 0 saturated carbocycles. The van der Waals surface area contributed by atoms with E-state index in [1.807, 2.05) is 20.8 Å². The Morgan fingerprint density at radius 3 is 2.52 bits per heavy atom. The minimum Gasteiger partial charge on any atom is -0.352 e. The van der Waals surface area contributed by atoms with Gasteiger partial charge < -0.3 is 10.6 Å². The van der Waals surface area contributed by atoms with E-state index < -0.39 is 0 Å². The molecular weight excluding hydrogens is 382 g/mol. The van der Waals surface area contributed by atoms with Gasteiger partial charge in [-0.05, 0) is 83.6 Å². The van der Waals surface area contributed by atoms with Crippen molar-refractivity contribution in [3.05, 3.63) is 21.4 Å². The summed E-state index contributed by atoms with van der Waals surface area (Å²) >= 11 is 1.76. The number of rotatable bonds is 5. The van der Waals surface area contributed by atoms with Crippen LogP contribution >= 0.6 is 11.3 Å². The molecule has 2 amide bonds. The second kappa shape index (κ2) is 8.38. The summed E-state index contributed by atoms with van der Waals surface area (Å²) in [5, 5.41) is 8.38. The number of hydrogen-bond donors (Lipinski definition) is 2. The van der Waals surface area contributed by atoms with Gasteiger partial charge in [-0.2, -0.15) is 0 Å². The fourth-order valence-corrected chi connectivity index (χ4v) is 6.58. The van der Waals surface area contributed by atoms with Crippen LogP contribution in [0.5, 0.6) is 0 Å². The van der Waals surface area contributed by atoms with Crippen LogP contribution in [0.4, 0.5) is 0 Å². The van der Waals surface area contributed by atoms with Crippen molar-refractivity contribution in [3.8, 4) is 0 Å². The molecule has 3 atom stereocenters. The summed E-state index contributed by atoms with van der Waals surface area (Å²) in [5.74, 6) is 0.764. The summed E-state index contributed by atoms with van der Waals surface area (Å²) in [5.41, 5.74) is 2.04. The molecule has 3 heterocycles. The van der Waals surface area contributed by atoms with Crippen LogP contribution in [0.1, 0.15) is 80.1 Å². The van der Waals surface area contributed by atoms with Crippen LogP contribution < -0.4 is 10.6 Å². The lowest BCUT2D eigenvalue weighted by Crippen LogP contribution is -2.52. The van der Waals surface area contributed by atoms with Crippen LogP contribution in [0.2, 0.25) is 0 Å². The highest BCUT2D eigenvalue weighted by atomic mass is 32.1. The van der Waals surface area contributed by atoms with E-state index in [9.17, 15) is 9.59 Å². The van der Waals surface area contributed by atoms with Crippen LogP contribution in [0.3, 0.4) is 0 Å². The third kappa shape index (κ3) is 4.85. The molecule has 2 aliphatic heterocycles. The van der Waals surface area contributed by atoms with E-state index in [0.717, 1.165) is 37.8 Å². The van der Waals surface area contributed by atoms with Crippen LogP contribution in [0, 0.1) is 5.92 Å². The lowest BCUT2D eigenvalue weighted by molar-refractivity contribution is -0.125. The van der Waals surface area contributed by atoms with E-state index in [2.05, 4.69) is 20.9 Å². The number of thiophene rings is 1. The van der Waals surface area contributed by atoms with Gasteiger partial charge in [0.2, 0.25) is 5.91 Å². The molecular formula is C23H35N3O2S. The van der Waals surface area contributed by atoms with E-state index in [1.165, 1.54) is 36.1 Å². The summed E-state index contributed by atoms with van der Waals surface area (Å²) in [6.45, 7) is 7.35. The minimum atomic E-state index is -0.181. The Kier molecular flexibility index (Phi) is 6.03. The average molecular weight is 418 g/mol. The Labute approximate surface area is 178 Å². The molecule has 0 aromatic carbocycles. The Morgan fingerprint density at radius 1 is 1.14 bits per heavy atom. The van der Waals surface area contributed by atoms with E-state index in [-0.39, 0.29) is 17.4 Å². The molecule has 1 aromatic rings. The number of carbonyl (C=O) groups excluding carboxylic acids is 2. The van der Waals surface area contributed by atoms with Crippen molar-refractivity contribution in [2.24, 2.45) is 5.92 Å². The third-order valence-electron chi connectivity index (χ3n) is 6.68. The number of aryl methyl sites for hydroxylation is 1. The molecule has 2 fully saturated rings. The largest absolute Gasteiger partial charge is 0.352 e. The van der Waals surface area contributed by atoms with Crippen LogP contribution in [0.25, 0.3) is 0 Å². The molecule has 2 N–H and O–H groups in total. The maximum atomic E-state index is 12.8. The number of nitrogens with zero attached hydrogens (tertiary/aromatic N) is 1. The summed E-state index contributed by atoms with van der Waals surface area (Å²) in [6.07, 6.45) is 9.17. The molecule has 5 nitrogen and oxygen atoms in total. The first-order chi connectivity index (χ1) is 13.8. The molecule has 1 aromatic heterocycles. The molecule has 0 spiro atoms. The number of carbonyl (C=O) groups is 2. The van der Waals surface area contributed by atoms with Crippen molar-refractivity contribution < 1.29 is 9.59 Å². The molecule has 29 heavy (non-hydrogen) atoms. The monoisotopic (exact) mass is 417 g/mol. The molecule has 0 radical (unpaired) electrons. The summed E-state index contributed by atoms with van der Waals surface area (Å²) in [7, 11) is 0. The highest BCUT2D eigenvalue weighted by Gasteiger charge is 2.41. The second-order valence-corrected chi connectivity index (χ2v) is 11.1. The number of nitrogens with one attached hydrogen (secondary N) is 2. The van der Waals surface area contributed by atoms with Gasteiger partial charge in [-0.25, -0.2) is 0 Å². The Hall–Kier alpha value is -1.40. The standard InChI is InChI=1S/C23H35N3O2S/c1-23(2,3)25-21(27)13-26-16-8-9-17(26)11-15(10-16)12-24-22(28)19-14-29-20-7-5-4-6-18(19)20/h14-17H,4-13H2,1-3H3,(H,24,28)(H,25,27)/t15-,16-,17+. The summed E-state index contributed by atoms with van der Waals surface area (Å²) in [4.78, 5) is 29.0. The molecule has 4 rings (SSSR count). The highest BCUT2D eigenvalue weighted by Crippen LogP contribution is 2.38. The second-order valence-electron chi connectivity index (χ2n) is 10.2. The Balaban J connectivity index is 1.29. The van der Waals surface area contributed by atoms with Gasteiger partial charge in [0.05, 0.1) is 12.1 Å². The normalized spacial score (nSPS) is 26.8. The zero-order chi connectivity index (χ0) is 20.6. The van der Waals surface area contributed by atoms with Crippen LogP contribution in [-0.2, 0) is 17.6 Å². The van der Waals surface area contributed by atoms with Gasteiger partial charge in [0.1, 0.15) is 0 Å². The van der Waals surface area contributed by atoms with E-state index >= 15 is 0 Å². The fraction of sp³-hybridized carbons (Fsp3) is 0.739. The summed E-state index contributed by atoms with van der Waals surface area (Å²) < 4.78 is 0. The number of fused-ring (bicyclic) bond motifs is 3. The molecule has 1 aliphatic carbocycles. The predicted octanol–water partition coefficient (Wildman–Crippen LogP) is 3.51. The molecule has 6 heteroatoms. The first-order valence-electron chi connectivity index (χ1n) is 11.2. The SMILES string of the molecule is CC(C)(C)NC(=O)CN1[C@@H]2CC[C@H]1C[C@H](CNC(=O)c1csc3c1CCCC3)C2. The van der Waals surface area contributed by atoms with Crippen molar-refractivity contribution >= 4 is 23.2 Å². The zero-order valence-corrected chi connectivity index (χ0v) is 18.9. The van der Waals surface area contributed by atoms with Crippen molar-refractivity contribution in [1.29, 1.82) is 0 Å². The van der Waals surface area contributed by atoms with E-state index in [0.29, 0.717) is 24.5 Å². The van der Waals surface area contributed by atoms with Crippen molar-refractivity contribution in [1.82, 2.24) is 15.5 Å². The molecule has 0 unspecified atom stereocenters. The van der Waals surface area contributed by atoms with Gasteiger partial charge in [0.15, 0.2) is 0 Å². The van der Waals surface area contributed by atoms with E-state index in [4.69, 9.17) is 0 Å². The maximum Gasteiger partial charge on any atom is 0.252 e. The van der Waals surface area contributed by atoms with Crippen molar-refractivity contribution in [2.45, 2.75) is 89.8 Å². The Bertz CT molecular complexity index is 753. The third-order valence-corrected chi connectivity index (χ3v) is 7.77. The van der Waals surface area contributed by atoms with Crippen molar-refractivity contribution in [2.75, 3.05) is 13.1 Å². The van der Waals surface area contributed by atoms with Crippen LogP contribution in [0.15, 0.2) is 5.38 Å². The zero-order valence-electron chi connectivity index (χ0n) is 18.1. The first-order valence-corrected chi connectivity index (χ1v) is 12.1. The topological polar surface area (TPSA) is 61.4 Å². The summed E-state index contributed by atoms with van der Waals surface area (Å²) in [6, 6.07) is 0.963. The predicted molar refractivity (Wildman–Crippen MR) is 117 cm³/mol. The number of hydrogen-bond acceptors (Lipinski definition) is 4. The number of amides is 2. The van der Waals surface area contributed by atoms with Gasteiger partial charge in [-0.15, -0.1) is 11.3 Å². The molecule has 160 valence electrons. The maximum absolute atomic E-state index is 12.8. The van der Waals surface area contributed by atoms with Crippen molar-refractivity contribution in [3.63, 3.8) is 0 Å². The van der Waals surface area contributed by atoms with Gasteiger partial charge in [0, 0.05) is 34.4 Å². The van der Waals surface area contributed by atoms with E-state index in [1.54, 1.807) is 11.3 Å². The smallest absolute Gasteiger partial charge is 0.252 e. The molecule has 3 aliphatic rings. The Morgan fingerprint density at radius 2 is 1.83 bits per heavy atom. The molecule has 2 bridgehead atoms. The molecule has 2 saturated heterocycles. The fourth-order valence-electron chi connectivity index (χ4n) is 5.45. The van der Waals surface area contributed by atoms with Gasteiger partial charge in [0.25, 0.3) is 5.91 Å². The highest BCUT2D eigenvalue weighted by molar-refractivity contribution is 7.10. The average Bonchev–Trinajstić information content (AvgIpc) is 3.16. The van der Waals surface area contributed by atoms with Crippen LogP contribution in [-0.4, -0.2) is 47.4 Å². The first kappa shape index (κ1) is 20.9. The van der Waals surface area contributed by atoms with Gasteiger partial charge in [-0.3, -0.25) is 14.5 Å². The number of piperidine rings is 1. The minimum absolute atomic E-state index is 0.115.